The predicted octanol–water partition coefficient (Wildman–Crippen LogP) is 2.22. The molecule has 0 saturated heterocycles. The first kappa shape index (κ1) is 29.0. The summed E-state index contributed by atoms with van der Waals surface area (Å²) in [5, 5.41) is 2.59. The van der Waals surface area contributed by atoms with Gasteiger partial charge in [0, 0.05) is 36.5 Å². The van der Waals surface area contributed by atoms with Gasteiger partial charge in [0.15, 0.2) is 0 Å². The molecule has 0 saturated carbocycles. The minimum Gasteiger partial charge on any atom is -0.387 e. The van der Waals surface area contributed by atoms with Gasteiger partial charge in [0.25, 0.3) is 10.1 Å². The topological polar surface area (TPSA) is 168 Å². The van der Waals surface area contributed by atoms with Crippen LogP contribution in [0.15, 0.2) is 16.6 Å². The van der Waals surface area contributed by atoms with E-state index in [0.717, 1.165) is 60.6 Å². The Hall–Kier alpha value is -2.28. The molecule has 1 aliphatic heterocycles. The van der Waals surface area contributed by atoms with Crippen LogP contribution >= 0.6 is 11.3 Å². The monoisotopic (exact) mass is 527 g/mol. The first-order valence-corrected chi connectivity index (χ1v) is 14.4. The summed E-state index contributed by atoms with van der Waals surface area (Å²) in [4.78, 5) is 33.4. The first-order chi connectivity index (χ1) is 16.5. The standard InChI is InChI=1S/C23H37N5O5S2/c1-3-10-28(11-4-2)23(30)16-12-20-19(27-21(25)13-16)14-17(34-20)8-6-5-7-9-26-22(29)18(24)15-35(31,32)33/h12,14,18H,3-11,13,15,24H2,1-2H3,(H2,25,27)(H,26,29)(H,31,32,33)/t18-/m0/s1. The van der Waals surface area contributed by atoms with Crippen LogP contribution in [0.1, 0.15) is 62.1 Å². The van der Waals surface area contributed by atoms with Gasteiger partial charge in [0.1, 0.15) is 11.9 Å². The largest absolute Gasteiger partial charge is 0.387 e. The number of nitrogens with zero attached hydrogens (tertiary/aromatic N) is 2. The van der Waals surface area contributed by atoms with Gasteiger partial charge in [-0.05, 0) is 44.2 Å². The molecule has 10 nitrogen and oxygen atoms in total. The van der Waals surface area contributed by atoms with Crippen LogP contribution in [0.2, 0.25) is 0 Å². The van der Waals surface area contributed by atoms with Crippen molar-refractivity contribution in [2.45, 2.75) is 64.8 Å². The second kappa shape index (κ2) is 13.7. The summed E-state index contributed by atoms with van der Waals surface area (Å²) in [6, 6.07) is 0.725. The predicted molar refractivity (Wildman–Crippen MR) is 140 cm³/mol. The van der Waals surface area contributed by atoms with Crippen LogP contribution in [0.3, 0.4) is 0 Å². The van der Waals surface area contributed by atoms with Crippen molar-refractivity contribution in [3.63, 3.8) is 0 Å². The number of nitrogens with two attached hydrogens (primary N) is 2. The summed E-state index contributed by atoms with van der Waals surface area (Å²) in [6.07, 6.45) is 7.36. The highest BCUT2D eigenvalue weighted by atomic mass is 32.2. The molecule has 0 unspecified atom stereocenters. The molecule has 1 atom stereocenters. The van der Waals surface area contributed by atoms with Crippen molar-refractivity contribution >= 4 is 50.9 Å². The molecule has 0 bridgehead atoms. The smallest absolute Gasteiger partial charge is 0.266 e. The molecule has 196 valence electrons. The van der Waals surface area contributed by atoms with Gasteiger partial charge in [-0.25, -0.2) is 4.99 Å². The quantitative estimate of drug-likeness (QED) is 0.212. The summed E-state index contributed by atoms with van der Waals surface area (Å²) < 4.78 is 30.4. The zero-order chi connectivity index (χ0) is 26.0. The van der Waals surface area contributed by atoms with E-state index >= 15 is 0 Å². The number of unbranched alkanes of at least 4 members (excludes halogenated alkanes) is 2. The summed E-state index contributed by atoms with van der Waals surface area (Å²) >= 11 is 1.61. The molecule has 2 heterocycles. The van der Waals surface area contributed by atoms with Crippen molar-refractivity contribution in [2.24, 2.45) is 16.5 Å². The summed E-state index contributed by atoms with van der Waals surface area (Å²) in [6.45, 7) is 5.93. The van der Waals surface area contributed by atoms with E-state index in [9.17, 15) is 18.0 Å². The normalized spacial score (nSPS) is 14.4. The second-order valence-corrected chi connectivity index (χ2v) is 11.3. The maximum absolute atomic E-state index is 13.1. The van der Waals surface area contributed by atoms with E-state index in [4.69, 9.17) is 16.0 Å². The molecule has 1 aromatic heterocycles. The fourth-order valence-corrected chi connectivity index (χ4v) is 5.52. The van der Waals surface area contributed by atoms with Crippen LogP contribution in [0, 0.1) is 0 Å². The SMILES string of the molecule is CCCN(CCC)C(=O)C1=Cc2sc(CCCCCNC(=O)[C@@H](N)CS(=O)(=O)O)cc2N=C(N)C1. The lowest BCUT2D eigenvalue weighted by molar-refractivity contribution is -0.127. The fourth-order valence-electron chi connectivity index (χ4n) is 3.80. The van der Waals surface area contributed by atoms with E-state index in [1.54, 1.807) is 11.3 Å². The Morgan fingerprint density at radius 2 is 1.91 bits per heavy atom. The van der Waals surface area contributed by atoms with Crippen LogP contribution in [-0.4, -0.2) is 66.9 Å². The molecule has 2 rings (SSSR count). The van der Waals surface area contributed by atoms with E-state index in [0.29, 0.717) is 30.8 Å². The number of fused-ring (bicyclic) bond motifs is 1. The Morgan fingerprint density at radius 1 is 1.23 bits per heavy atom. The van der Waals surface area contributed by atoms with Gasteiger partial charge in [-0.15, -0.1) is 11.3 Å². The number of rotatable bonds is 14. The van der Waals surface area contributed by atoms with Crippen LogP contribution in [0.4, 0.5) is 5.69 Å². The van der Waals surface area contributed by atoms with E-state index in [1.165, 1.54) is 0 Å². The van der Waals surface area contributed by atoms with Crippen molar-refractivity contribution in [3.05, 3.63) is 21.4 Å². The van der Waals surface area contributed by atoms with Gasteiger partial charge in [-0.2, -0.15) is 8.42 Å². The number of carbonyl (C=O) groups excluding carboxylic acids is 2. The van der Waals surface area contributed by atoms with Gasteiger partial charge in [-0.3, -0.25) is 14.1 Å². The molecule has 0 radical (unpaired) electrons. The van der Waals surface area contributed by atoms with Crippen molar-refractivity contribution in [3.8, 4) is 0 Å². The third-order valence-corrected chi connectivity index (χ3v) is 7.32. The maximum Gasteiger partial charge on any atom is 0.266 e. The number of amides is 2. The number of carbonyl (C=O) groups is 2. The minimum atomic E-state index is -4.29. The number of thiophene rings is 1. The molecule has 12 heteroatoms. The van der Waals surface area contributed by atoms with Crippen molar-refractivity contribution in [2.75, 3.05) is 25.4 Å². The van der Waals surface area contributed by atoms with Gasteiger partial charge in [0.05, 0.1) is 16.3 Å². The lowest BCUT2D eigenvalue weighted by Gasteiger charge is -2.22. The van der Waals surface area contributed by atoms with Gasteiger partial charge < -0.3 is 21.7 Å². The highest BCUT2D eigenvalue weighted by Gasteiger charge is 2.22. The molecule has 0 aromatic carbocycles. The first-order valence-electron chi connectivity index (χ1n) is 12.0. The molecule has 0 aliphatic carbocycles. The lowest BCUT2D eigenvalue weighted by atomic mass is 10.1. The number of hydrogen-bond acceptors (Lipinski definition) is 8. The van der Waals surface area contributed by atoms with Crippen LogP contribution in [0.25, 0.3) is 6.08 Å². The van der Waals surface area contributed by atoms with E-state index in [1.807, 2.05) is 17.0 Å². The number of amidine groups is 1. The van der Waals surface area contributed by atoms with Crippen molar-refractivity contribution in [1.29, 1.82) is 0 Å². The Labute approximate surface area is 211 Å². The Morgan fingerprint density at radius 3 is 2.54 bits per heavy atom. The van der Waals surface area contributed by atoms with Crippen molar-refractivity contribution < 1.29 is 22.6 Å². The molecular formula is C23H37N5O5S2. The summed E-state index contributed by atoms with van der Waals surface area (Å²) in [5.74, 6) is -0.948. The Bertz CT molecular complexity index is 1040. The third kappa shape index (κ3) is 9.71. The van der Waals surface area contributed by atoms with Gasteiger partial charge >= 0.3 is 0 Å². The molecular weight excluding hydrogens is 490 g/mol. The van der Waals surface area contributed by atoms with E-state index < -0.39 is 27.8 Å². The third-order valence-electron chi connectivity index (χ3n) is 5.41. The Balaban J connectivity index is 1.89. The lowest BCUT2D eigenvalue weighted by Crippen LogP contribution is -2.45. The molecule has 0 fully saturated rings. The molecule has 1 aromatic rings. The van der Waals surface area contributed by atoms with Crippen molar-refractivity contribution in [1.82, 2.24) is 10.2 Å². The molecule has 1 aliphatic rings. The van der Waals surface area contributed by atoms with Gasteiger partial charge in [-0.1, -0.05) is 20.3 Å². The van der Waals surface area contributed by atoms with Crippen LogP contribution in [0.5, 0.6) is 0 Å². The average Bonchev–Trinajstić information content (AvgIpc) is 3.06. The zero-order valence-corrected chi connectivity index (χ0v) is 22.1. The fraction of sp³-hybridized carbons (Fsp3) is 0.609. The number of hydrogen-bond donors (Lipinski definition) is 4. The molecule has 35 heavy (non-hydrogen) atoms. The van der Waals surface area contributed by atoms with Crippen LogP contribution < -0.4 is 16.8 Å². The van der Waals surface area contributed by atoms with Gasteiger partial charge in [0.2, 0.25) is 11.8 Å². The van der Waals surface area contributed by atoms with E-state index in [2.05, 4.69) is 24.2 Å². The zero-order valence-electron chi connectivity index (χ0n) is 20.5. The molecule has 6 N–H and O–H groups in total. The second-order valence-electron chi connectivity index (χ2n) is 8.66. The Kier molecular flexibility index (Phi) is 11.3. The highest BCUT2D eigenvalue weighted by molar-refractivity contribution is 7.85. The number of aliphatic imine (C=N–C) groups is 1. The number of nitrogens with one attached hydrogen (secondary N) is 1. The maximum atomic E-state index is 13.1. The van der Waals surface area contributed by atoms with E-state index in [-0.39, 0.29) is 5.91 Å². The molecule has 0 spiro atoms. The molecule has 2 amide bonds. The summed E-state index contributed by atoms with van der Waals surface area (Å²) in [7, 11) is -4.29. The summed E-state index contributed by atoms with van der Waals surface area (Å²) in [5.41, 5.74) is 13.1. The van der Waals surface area contributed by atoms with Crippen LogP contribution in [-0.2, 0) is 26.1 Å². The minimum absolute atomic E-state index is 0.0213. The number of aryl methyl sites for hydroxylation is 1. The highest BCUT2D eigenvalue weighted by Crippen LogP contribution is 2.35. The average molecular weight is 528 g/mol.